The van der Waals surface area contributed by atoms with Crippen molar-refractivity contribution in [3.63, 3.8) is 0 Å². The molecule has 0 aromatic carbocycles. The van der Waals surface area contributed by atoms with Crippen LogP contribution in [0.1, 0.15) is 0 Å². The van der Waals surface area contributed by atoms with Crippen LogP contribution < -0.4 is 11.5 Å². The van der Waals surface area contributed by atoms with Crippen LogP contribution in [0.15, 0.2) is 0 Å². The Morgan fingerprint density at radius 2 is 1.11 bits per heavy atom. The van der Waals surface area contributed by atoms with E-state index in [2.05, 4.69) is 0 Å². The molecule has 0 saturated carbocycles. The van der Waals surface area contributed by atoms with Gasteiger partial charge in [-0.1, -0.05) is 21.6 Å². The van der Waals surface area contributed by atoms with Crippen LogP contribution in [0.25, 0.3) is 0 Å². The lowest BCUT2D eigenvalue weighted by Gasteiger charge is -2.07. The van der Waals surface area contributed by atoms with Gasteiger partial charge in [0, 0.05) is 11.5 Å². The van der Waals surface area contributed by atoms with E-state index in [1.807, 2.05) is 0 Å². The standard InChI is InChI=1S/C6H12N2O4S2.2ClH.2H2O/c7-3(5(9)10)1-13-14-2-4(8)6(11)12;;;;/h3-4H,1-2,7-8H2,(H,9,10)(H,11,12);2*1H;2*1H2/t3-,4?;;;;/m0..../s1. The summed E-state index contributed by atoms with van der Waals surface area (Å²) in [6.07, 6.45) is 0. The first-order chi connectivity index (χ1) is 6.45. The smallest absolute Gasteiger partial charge is 0.321 e. The van der Waals surface area contributed by atoms with Crippen molar-refractivity contribution in [3.05, 3.63) is 0 Å². The van der Waals surface area contributed by atoms with Gasteiger partial charge in [0.1, 0.15) is 12.1 Å². The molecule has 0 heterocycles. The summed E-state index contributed by atoms with van der Waals surface area (Å²) in [4.78, 5) is 20.5. The second kappa shape index (κ2) is 17.1. The molecular weight excluding hydrogens is 331 g/mol. The molecule has 0 amide bonds. The molecule has 8 nitrogen and oxygen atoms in total. The fraction of sp³-hybridized carbons (Fsp3) is 0.667. The molecule has 114 valence electrons. The molecule has 0 aromatic rings. The average Bonchev–Trinajstić information content (AvgIpc) is 2.11. The molecule has 0 spiro atoms. The third-order valence-corrected chi connectivity index (χ3v) is 3.69. The maximum Gasteiger partial charge on any atom is 0.321 e. The highest BCUT2D eigenvalue weighted by atomic mass is 35.5. The summed E-state index contributed by atoms with van der Waals surface area (Å²) < 4.78 is 0. The summed E-state index contributed by atoms with van der Waals surface area (Å²) in [5, 5.41) is 16.8. The van der Waals surface area contributed by atoms with Gasteiger partial charge in [-0.2, -0.15) is 0 Å². The summed E-state index contributed by atoms with van der Waals surface area (Å²) in [6, 6.07) is -1.85. The van der Waals surface area contributed by atoms with E-state index in [0.717, 1.165) is 0 Å². The number of hydrogen-bond acceptors (Lipinski definition) is 6. The van der Waals surface area contributed by atoms with E-state index in [1.165, 1.54) is 21.6 Å². The third-order valence-electron chi connectivity index (χ3n) is 1.21. The first-order valence-electron chi connectivity index (χ1n) is 3.66. The quantitative estimate of drug-likeness (QED) is 0.311. The molecule has 18 heavy (non-hydrogen) atoms. The van der Waals surface area contributed by atoms with Crippen LogP contribution in [0.3, 0.4) is 0 Å². The molecule has 0 aliphatic carbocycles. The van der Waals surface area contributed by atoms with Crippen LogP contribution in [-0.2, 0) is 9.59 Å². The van der Waals surface area contributed by atoms with E-state index in [0.29, 0.717) is 0 Å². The average molecular weight is 349 g/mol. The summed E-state index contributed by atoms with van der Waals surface area (Å²) >= 11 is 0. The Kier molecular flexibility index (Phi) is 29.2. The zero-order chi connectivity index (χ0) is 11.1. The van der Waals surface area contributed by atoms with Crippen LogP contribution in [0, 0.1) is 0 Å². The molecule has 0 rings (SSSR count). The van der Waals surface area contributed by atoms with Crippen LogP contribution in [-0.4, -0.2) is 56.7 Å². The molecule has 0 bridgehead atoms. The number of carboxylic acid groups (broad SMARTS) is 2. The highest BCUT2D eigenvalue weighted by Gasteiger charge is 2.14. The third kappa shape index (κ3) is 16.1. The zero-order valence-electron chi connectivity index (χ0n) is 9.07. The summed E-state index contributed by atoms with van der Waals surface area (Å²) in [6.45, 7) is 0. The second-order valence-electron chi connectivity index (χ2n) is 2.46. The van der Waals surface area contributed by atoms with E-state index in [4.69, 9.17) is 21.7 Å². The number of carboxylic acids is 2. The minimum atomic E-state index is -1.07. The Morgan fingerprint density at radius 3 is 1.28 bits per heavy atom. The fourth-order valence-corrected chi connectivity index (χ4v) is 2.61. The normalized spacial score (nSPS) is 11.4. The molecule has 0 saturated heterocycles. The predicted molar refractivity (Wildman–Crippen MR) is 77.9 cm³/mol. The minimum Gasteiger partial charge on any atom is -0.480 e. The Morgan fingerprint density at radius 1 is 0.889 bits per heavy atom. The number of aliphatic carboxylic acids is 2. The molecule has 0 fully saturated rings. The van der Waals surface area contributed by atoms with E-state index < -0.39 is 24.0 Å². The van der Waals surface area contributed by atoms with Crippen molar-refractivity contribution in [2.45, 2.75) is 12.1 Å². The van der Waals surface area contributed by atoms with Crippen LogP contribution in [0.5, 0.6) is 0 Å². The molecule has 0 aliphatic rings. The number of halogens is 2. The summed E-state index contributed by atoms with van der Waals surface area (Å²) in [7, 11) is 2.41. The molecule has 0 aromatic heterocycles. The number of carbonyl (C=O) groups is 2. The van der Waals surface area contributed by atoms with Gasteiger partial charge in [-0.3, -0.25) is 9.59 Å². The van der Waals surface area contributed by atoms with Crippen molar-refractivity contribution in [3.8, 4) is 0 Å². The maximum absolute atomic E-state index is 10.3. The monoisotopic (exact) mass is 348 g/mol. The van der Waals surface area contributed by atoms with Gasteiger partial charge >= 0.3 is 11.9 Å². The van der Waals surface area contributed by atoms with Crippen molar-refractivity contribution < 1.29 is 30.8 Å². The second-order valence-corrected chi connectivity index (χ2v) is 5.01. The first-order valence-corrected chi connectivity index (χ1v) is 6.15. The number of hydrogen-bond donors (Lipinski definition) is 4. The predicted octanol–water partition coefficient (Wildman–Crippen LogP) is -1.61. The fourth-order valence-electron chi connectivity index (χ4n) is 0.385. The Labute approximate surface area is 124 Å². The lowest BCUT2D eigenvalue weighted by atomic mass is 10.4. The van der Waals surface area contributed by atoms with Gasteiger partial charge in [-0.05, 0) is 0 Å². The largest absolute Gasteiger partial charge is 0.480 e. The Balaban J connectivity index is -0.000000141. The SMILES string of the molecule is Cl.Cl.NC(CSSC[C@H](N)C(=O)O)C(=O)O.O.O. The van der Waals surface area contributed by atoms with Gasteiger partial charge < -0.3 is 32.6 Å². The summed E-state index contributed by atoms with van der Waals surface area (Å²) in [5.74, 6) is -1.68. The van der Waals surface area contributed by atoms with E-state index in [-0.39, 0.29) is 47.3 Å². The highest BCUT2D eigenvalue weighted by molar-refractivity contribution is 8.76. The van der Waals surface area contributed by atoms with E-state index in [9.17, 15) is 9.59 Å². The Hall–Kier alpha value is 0.0600. The molecule has 12 heteroatoms. The van der Waals surface area contributed by atoms with Gasteiger partial charge in [-0.15, -0.1) is 24.8 Å². The Bertz CT molecular complexity index is 204. The first kappa shape index (κ1) is 30.8. The molecule has 0 aliphatic heterocycles. The van der Waals surface area contributed by atoms with Gasteiger partial charge in [0.2, 0.25) is 0 Å². The minimum absolute atomic E-state index is 0. The van der Waals surface area contributed by atoms with Gasteiger partial charge in [0.25, 0.3) is 0 Å². The van der Waals surface area contributed by atoms with Crippen molar-refractivity contribution in [1.29, 1.82) is 0 Å². The van der Waals surface area contributed by atoms with Crippen molar-refractivity contribution in [2.75, 3.05) is 11.5 Å². The molecule has 2 atom stereocenters. The number of nitrogens with two attached hydrogens (primary N) is 2. The molecule has 1 unspecified atom stereocenters. The van der Waals surface area contributed by atoms with Crippen LogP contribution in [0.2, 0.25) is 0 Å². The summed E-state index contributed by atoms with van der Waals surface area (Å²) in [5.41, 5.74) is 10.4. The van der Waals surface area contributed by atoms with Crippen LogP contribution in [0.4, 0.5) is 0 Å². The lowest BCUT2D eigenvalue weighted by Crippen LogP contribution is -2.33. The van der Waals surface area contributed by atoms with Gasteiger partial charge in [0.05, 0.1) is 0 Å². The zero-order valence-corrected chi connectivity index (χ0v) is 12.3. The highest BCUT2D eigenvalue weighted by Crippen LogP contribution is 2.22. The van der Waals surface area contributed by atoms with Gasteiger partial charge in [-0.25, -0.2) is 0 Å². The van der Waals surface area contributed by atoms with Crippen molar-refractivity contribution >= 4 is 58.3 Å². The number of rotatable bonds is 7. The van der Waals surface area contributed by atoms with Gasteiger partial charge in [0.15, 0.2) is 0 Å². The lowest BCUT2D eigenvalue weighted by molar-refractivity contribution is -0.138. The topological polar surface area (TPSA) is 190 Å². The molecular formula is C6H18Cl2N2O6S2. The van der Waals surface area contributed by atoms with Crippen molar-refractivity contribution in [2.24, 2.45) is 11.5 Å². The molecule has 0 radical (unpaired) electrons. The van der Waals surface area contributed by atoms with Crippen molar-refractivity contribution in [1.82, 2.24) is 0 Å². The maximum atomic E-state index is 10.3. The van der Waals surface area contributed by atoms with Crippen LogP contribution >= 0.6 is 46.4 Å². The van der Waals surface area contributed by atoms with E-state index in [1.54, 1.807) is 0 Å². The molecule has 10 N–H and O–H groups in total. The van der Waals surface area contributed by atoms with E-state index >= 15 is 0 Å².